The monoisotopic (exact) mass is 558 g/mol. The zero-order valence-corrected chi connectivity index (χ0v) is 23.4. The average molecular weight is 559 g/mol. The minimum absolute atomic E-state index is 0.102. The Bertz CT molecular complexity index is 1510. The van der Waals surface area contributed by atoms with Gasteiger partial charge in [-0.25, -0.2) is 4.98 Å². The number of aromatic nitrogens is 1. The lowest BCUT2D eigenvalue weighted by atomic mass is 9.74. The molecule has 2 aliphatic heterocycles. The number of nitrogens with one attached hydrogen (secondary N) is 1. The predicted molar refractivity (Wildman–Crippen MR) is 156 cm³/mol. The number of thiazole rings is 1. The highest BCUT2D eigenvalue weighted by molar-refractivity contribution is 7.13. The second-order valence-electron chi connectivity index (χ2n) is 10.1. The molecule has 2 aromatic heterocycles. The molecule has 0 radical (unpaired) electrons. The highest BCUT2D eigenvalue weighted by Gasteiger charge is 2.40. The summed E-state index contributed by atoms with van der Waals surface area (Å²) in [4.78, 5) is 34.4. The van der Waals surface area contributed by atoms with Crippen LogP contribution in [0.15, 0.2) is 60.0 Å². The Morgan fingerprint density at radius 3 is 2.62 bits per heavy atom. The number of rotatable bonds is 5. The molecule has 4 heterocycles. The summed E-state index contributed by atoms with van der Waals surface area (Å²) in [5.41, 5.74) is 10.9. The number of nitrogen functional groups attached to an aromatic ring is 1. The summed E-state index contributed by atoms with van der Waals surface area (Å²) in [6, 6.07) is 17.6. The van der Waals surface area contributed by atoms with Gasteiger partial charge in [-0.2, -0.15) is 0 Å². The van der Waals surface area contributed by atoms with Gasteiger partial charge in [-0.15, -0.1) is 22.7 Å². The second kappa shape index (κ2) is 10.6. The Hall–Kier alpha value is -3.53. The Balaban J connectivity index is 1.25. The van der Waals surface area contributed by atoms with Gasteiger partial charge in [0.1, 0.15) is 5.01 Å². The van der Waals surface area contributed by atoms with Crippen molar-refractivity contribution in [1.82, 2.24) is 9.88 Å². The Morgan fingerprint density at radius 2 is 1.90 bits per heavy atom. The summed E-state index contributed by atoms with van der Waals surface area (Å²) < 4.78 is 5.74. The van der Waals surface area contributed by atoms with Crippen molar-refractivity contribution in [1.29, 1.82) is 0 Å². The number of ether oxygens (including phenoxy) is 1. The molecule has 4 aromatic rings. The number of benzene rings is 2. The fourth-order valence-corrected chi connectivity index (χ4v) is 7.53. The molecule has 0 spiro atoms. The van der Waals surface area contributed by atoms with Crippen LogP contribution in [0.2, 0.25) is 0 Å². The van der Waals surface area contributed by atoms with Crippen LogP contribution < -0.4 is 11.1 Å². The van der Waals surface area contributed by atoms with Gasteiger partial charge in [0, 0.05) is 48.4 Å². The molecule has 7 nitrogen and oxygen atoms in total. The van der Waals surface area contributed by atoms with Crippen molar-refractivity contribution in [2.24, 2.45) is 0 Å². The SMILES string of the molecule is CC(=O)N1CCc2nc(C3(c4ccc(C(=O)Nc5cc(-c6cccs6)ccc5N)cc4)CCOCC3)sc2C1. The molecular formula is C30H30N4O3S2. The van der Waals surface area contributed by atoms with Gasteiger partial charge in [-0.3, -0.25) is 9.59 Å². The predicted octanol–water partition coefficient (Wildman–Crippen LogP) is 5.71. The number of carbonyl (C=O) groups is 2. The second-order valence-corrected chi connectivity index (χ2v) is 12.1. The standard InChI is InChI=1S/C30H30N4O3S2/c1-19(35)34-13-10-24-27(18-34)39-29(33-24)30(11-14-37-15-12-30)22-7-4-20(5-8-22)28(36)32-25-17-21(6-9-23(25)31)26-3-2-16-38-26/h2-9,16-17H,10-15,18,31H2,1H3,(H,32,36). The van der Waals surface area contributed by atoms with Crippen molar-refractivity contribution in [3.63, 3.8) is 0 Å². The van der Waals surface area contributed by atoms with E-state index in [1.165, 1.54) is 4.88 Å². The topological polar surface area (TPSA) is 97.6 Å². The fraction of sp³-hybridized carbons (Fsp3) is 0.300. The van der Waals surface area contributed by atoms with Crippen LogP contribution in [0.3, 0.4) is 0 Å². The molecule has 0 unspecified atom stereocenters. The normalized spacial score (nSPS) is 16.5. The van der Waals surface area contributed by atoms with E-state index in [2.05, 4.69) is 5.32 Å². The van der Waals surface area contributed by atoms with Crippen LogP contribution in [-0.2, 0) is 27.9 Å². The molecule has 39 heavy (non-hydrogen) atoms. The first-order valence-corrected chi connectivity index (χ1v) is 14.8. The quantitative estimate of drug-likeness (QED) is 0.306. The van der Waals surface area contributed by atoms with Crippen molar-refractivity contribution in [3.8, 4) is 10.4 Å². The summed E-state index contributed by atoms with van der Waals surface area (Å²) in [5, 5.41) is 6.10. The van der Waals surface area contributed by atoms with Crippen LogP contribution in [0.4, 0.5) is 11.4 Å². The van der Waals surface area contributed by atoms with Gasteiger partial charge in [-0.1, -0.05) is 24.3 Å². The van der Waals surface area contributed by atoms with Crippen molar-refractivity contribution in [3.05, 3.63) is 86.7 Å². The van der Waals surface area contributed by atoms with E-state index in [-0.39, 0.29) is 17.2 Å². The summed E-state index contributed by atoms with van der Waals surface area (Å²) in [7, 11) is 0. The van der Waals surface area contributed by atoms with Gasteiger partial charge in [-0.05, 0) is 59.7 Å². The minimum Gasteiger partial charge on any atom is -0.397 e. The molecule has 2 aromatic carbocycles. The highest BCUT2D eigenvalue weighted by atomic mass is 32.1. The van der Waals surface area contributed by atoms with E-state index in [1.54, 1.807) is 29.6 Å². The number of nitrogens with two attached hydrogens (primary N) is 1. The van der Waals surface area contributed by atoms with Crippen molar-refractivity contribution >= 4 is 45.9 Å². The molecule has 3 N–H and O–H groups in total. The van der Waals surface area contributed by atoms with E-state index in [1.807, 2.05) is 64.9 Å². The van der Waals surface area contributed by atoms with E-state index in [0.29, 0.717) is 43.2 Å². The van der Waals surface area contributed by atoms with Gasteiger partial charge in [0.15, 0.2) is 0 Å². The number of carbonyl (C=O) groups excluding carboxylic acids is 2. The minimum atomic E-state index is -0.268. The van der Waals surface area contributed by atoms with Crippen LogP contribution >= 0.6 is 22.7 Å². The molecule has 200 valence electrons. The Labute approximate surface area is 235 Å². The van der Waals surface area contributed by atoms with E-state index < -0.39 is 0 Å². The van der Waals surface area contributed by atoms with Gasteiger partial charge >= 0.3 is 0 Å². The Kier molecular flexibility index (Phi) is 6.97. The lowest BCUT2D eigenvalue weighted by molar-refractivity contribution is -0.129. The van der Waals surface area contributed by atoms with Gasteiger partial charge in [0.05, 0.1) is 29.0 Å². The third kappa shape index (κ3) is 4.97. The van der Waals surface area contributed by atoms with Crippen LogP contribution in [0.25, 0.3) is 10.4 Å². The van der Waals surface area contributed by atoms with Crippen LogP contribution in [0.5, 0.6) is 0 Å². The molecule has 0 saturated carbocycles. The highest BCUT2D eigenvalue weighted by Crippen LogP contribution is 2.44. The van der Waals surface area contributed by atoms with Crippen molar-refractivity contribution < 1.29 is 14.3 Å². The molecule has 1 saturated heterocycles. The number of hydrogen-bond donors (Lipinski definition) is 2. The van der Waals surface area contributed by atoms with E-state index in [4.69, 9.17) is 15.5 Å². The number of hydrogen-bond acceptors (Lipinski definition) is 7. The third-order valence-corrected chi connectivity index (χ3v) is 9.94. The van der Waals surface area contributed by atoms with E-state index >= 15 is 0 Å². The number of amides is 2. The van der Waals surface area contributed by atoms with Gasteiger partial charge in [0.25, 0.3) is 5.91 Å². The van der Waals surface area contributed by atoms with Gasteiger partial charge < -0.3 is 20.7 Å². The molecule has 1 fully saturated rings. The number of nitrogens with zero attached hydrogens (tertiary/aromatic N) is 2. The molecular weight excluding hydrogens is 528 g/mol. The maximum absolute atomic E-state index is 13.2. The zero-order valence-electron chi connectivity index (χ0n) is 21.7. The summed E-state index contributed by atoms with van der Waals surface area (Å²) in [6.45, 7) is 4.29. The van der Waals surface area contributed by atoms with Crippen LogP contribution in [-0.4, -0.2) is 41.5 Å². The first-order valence-electron chi connectivity index (χ1n) is 13.1. The van der Waals surface area contributed by atoms with Gasteiger partial charge in [0.2, 0.25) is 5.91 Å². The fourth-order valence-electron chi connectivity index (χ4n) is 5.41. The number of fused-ring (bicyclic) bond motifs is 1. The first-order chi connectivity index (χ1) is 18.9. The van der Waals surface area contributed by atoms with Crippen molar-refractivity contribution in [2.75, 3.05) is 30.8 Å². The summed E-state index contributed by atoms with van der Waals surface area (Å²) in [6.07, 6.45) is 2.44. The maximum atomic E-state index is 13.2. The van der Waals surface area contributed by atoms with E-state index in [0.717, 1.165) is 46.0 Å². The zero-order chi connectivity index (χ0) is 27.0. The molecule has 9 heteroatoms. The van der Waals surface area contributed by atoms with Crippen LogP contribution in [0, 0.1) is 0 Å². The molecule has 0 aliphatic carbocycles. The third-order valence-electron chi connectivity index (χ3n) is 7.74. The smallest absolute Gasteiger partial charge is 0.255 e. The molecule has 0 atom stereocenters. The van der Waals surface area contributed by atoms with Crippen molar-refractivity contribution in [2.45, 2.75) is 38.1 Å². The molecule has 2 amide bonds. The molecule has 0 bridgehead atoms. The average Bonchev–Trinajstić information content (AvgIpc) is 3.65. The van der Waals surface area contributed by atoms with E-state index in [9.17, 15) is 9.59 Å². The molecule has 2 aliphatic rings. The lowest BCUT2D eigenvalue weighted by Crippen LogP contribution is -2.35. The number of thiophene rings is 1. The summed E-state index contributed by atoms with van der Waals surface area (Å²) >= 11 is 3.36. The molecule has 6 rings (SSSR count). The summed E-state index contributed by atoms with van der Waals surface area (Å²) in [5.74, 6) is -0.100. The lowest BCUT2D eigenvalue weighted by Gasteiger charge is -2.36. The largest absolute Gasteiger partial charge is 0.397 e. The first kappa shape index (κ1) is 25.7. The van der Waals surface area contributed by atoms with Crippen LogP contribution in [0.1, 0.15) is 51.3 Å². The Morgan fingerprint density at radius 1 is 1.10 bits per heavy atom. The maximum Gasteiger partial charge on any atom is 0.255 e. The number of anilines is 2.